The maximum Gasteiger partial charge on any atom is 0.319 e. The lowest BCUT2D eigenvalue weighted by Crippen LogP contribution is -2.33. The predicted octanol–water partition coefficient (Wildman–Crippen LogP) is 2.60. The van der Waals surface area contributed by atoms with Crippen LogP contribution in [0, 0.1) is 0 Å². The molecule has 1 aromatic rings. The summed E-state index contributed by atoms with van der Waals surface area (Å²) in [5.41, 5.74) is 0.746. The summed E-state index contributed by atoms with van der Waals surface area (Å²) in [6, 6.07) is 7.44. The highest BCUT2D eigenvalue weighted by atomic mass is 35.5. The van der Waals surface area contributed by atoms with E-state index in [0.717, 1.165) is 18.7 Å². The highest BCUT2D eigenvalue weighted by molar-refractivity contribution is 6.30. The molecule has 0 unspecified atom stereocenters. The first-order valence-electron chi connectivity index (χ1n) is 6.28. The summed E-state index contributed by atoms with van der Waals surface area (Å²) in [6.45, 7) is 1.79. The van der Waals surface area contributed by atoms with Gasteiger partial charge in [-0.15, -0.1) is 0 Å². The number of urea groups is 1. The first-order valence-corrected chi connectivity index (χ1v) is 6.65. The van der Waals surface area contributed by atoms with Gasteiger partial charge in [-0.3, -0.25) is 0 Å². The van der Waals surface area contributed by atoms with Crippen LogP contribution in [0.5, 0.6) is 0 Å². The molecule has 2 rings (SSSR count). The summed E-state index contributed by atoms with van der Waals surface area (Å²) in [4.78, 5) is 11.6. The standard InChI is InChI=1S/C13H18ClN3O/c14-10-3-5-12(6-4-10)17-13(18)16-9-7-11-2-1-8-15-11/h3-6,11,15H,1-2,7-9H2,(H2,16,17,18)/t11-/m1/s1. The van der Waals surface area contributed by atoms with Crippen LogP contribution in [0.15, 0.2) is 24.3 Å². The van der Waals surface area contributed by atoms with Crippen molar-refractivity contribution in [1.29, 1.82) is 0 Å². The summed E-state index contributed by atoms with van der Waals surface area (Å²) >= 11 is 5.77. The number of carbonyl (C=O) groups is 1. The Morgan fingerprint density at radius 1 is 1.39 bits per heavy atom. The molecule has 4 nitrogen and oxygen atoms in total. The van der Waals surface area contributed by atoms with Crippen molar-refractivity contribution < 1.29 is 4.79 Å². The van der Waals surface area contributed by atoms with E-state index in [1.54, 1.807) is 24.3 Å². The van der Waals surface area contributed by atoms with E-state index < -0.39 is 0 Å². The number of benzene rings is 1. The van der Waals surface area contributed by atoms with Crippen molar-refractivity contribution in [3.8, 4) is 0 Å². The van der Waals surface area contributed by atoms with Crippen LogP contribution in [0.4, 0.5) is 10.5 Å². The summed E-state index contributed by atoms with van der Waals surface area (Å²) in [5, 5.41) is 9.68. The molecule has 1 aliphatic heterocycles. The average molecular weight is 268 g/mol. The van der Waals surface area contributed by atoms with E-state index in [9.17, 15) is 4.79 Å². The van der Waals surface area contributed by atoms with Crippen molar-refractivity contribution in [1.82, 2.24) is 10.6 Å². The zero-order valence-corrected chi connectivity index (χ0v) is 11.0. The topological polar surface area (TPSA) is 53.2 Å². The molecule has 98 valence electrons. The van der Waals surface area contributed by atoms with Crippen LogP contribution >= 0.6 is 11.6 Å². The fourth-order valence-corrected chi connectivity index (χ4v) is 2.20. The van der Waals surface area contributed by atoms with Gasteiger partial charge in [0.2, 0.25) is 0 Å². The molecule has 18 heavy (non-hydrogen) atoms. The molecule has 0 aliphatic carbocycles. The van der Waals surface area contributed by atoms with Crippen molar-refractivity contribution in [2.45, 2.75) is 25.3 Å². The Morgan fingerprint density at radius 3 is 2.83 bits per heavy atom. The molecule has 3 N–H and O–H groups in total. The number of amides is 2. The molecule has 1 fully saturated rings. The second-order valence-electron chi connectivity index (χ2n) is 4.47. The van der Waals surface area contributed by atoms with Gasteiger partial charge >= 0.3 is 6.03 Å². The number of anilines is 1. The van der Waals surface area contributed by atoms with Crippen LogP contribution < -0.4 is 16.0 Å². The number of nitrogens with one attached hydrogen (secondary N) is 3. The number of hydrogen-bond acceptors (Lipinski definition) is 2. The minimum Gasteiger partial charge on any atom is -0.338 e. The van der Waals surface area contributed by atoms with Crippen LogP contribution in [-0.2, 0) is 0 Å². The van der Waals surface area contributed by atoms with E-state index in [4.69, 9.17) is 11.6 Å². The highest BCUT2D eigenvalue weighted by Crippen LogP contribution is 2.13. The first-order chi connectivity index (χ1) is 8.74. The monoisotopic (exact) mass is 267 g/mol. The molecule has 1 aliphatic rings. The number of rotatable bonds is 4. The van der Waals surface area contributed by atoms with E-state index in [0.29, 0.717) is 17.6 Å². The summed E-state index contributed by atoms with van der Waals surface area (Å²) < 4.78 is 0. The molecular formula is C13H18ClN3O. The molecule has 0 radical (unpaired) electrons. The van der Waals surface area contributed by atoms with Crippen LogP contribution in [0.3, 0.4) is 0 Å². The molecule has 5 heteroatoms. The van der Waals surface area contributed by atoms with E-state index in [-0.39, 0.29) is 6.03 Å². The molecule has 0 spiro atoms. The van der Waals surface area contributed by atoms with Gasteiger partial charge in [0.1, 0.15) is 0 Å². The van der Waals surface area contributed by atoms with Crippen LogP contribution in [0.2, 0.25) is 5.02 Å². The molecule has 1 heterocycles. The third-order valence-corrected chi connectivity index (χ3v) is 3.29. The molecule has 1 atom stereocenters. The Hall–Kier alpha value is -1.26. The Balaban J connectivity index is 1.66. The van der Waals surface area contributed by atoms with Crippen LogP contribution in [0.1, 0.15) is 19.3 Å². The Bertz CT molecular complexity index is 388. The summed E-state index contributed by atoms with van der Waals surface area (Å²) in [6.07, 6.45) is 3.43. The van der Waals surface area contributed by atoms with Gasteiger partial charge in [0, 0.05) is 23.3 Å². The van der Waals surface area contributed by atoms with Crippen molar-refractivity contribution in [2.75, 3.05) is 18.4 Å². The van der Waals surface area contributed by atoms with Crippen LogP contribution in [0.25, 0.3) is 0 Å². The maximum atomic E-state index is 11.6. The Morgan fingerprint density at radius 2 is 2.17 bits per heavy atom. The largest absolute Gasteiger partial charge is 0.338 e. The second kappa shape index (κ2) is 6.61. The molecule has 0 saturated carbocycles. The minimum atomic E-state index is -0.171. The number of carbonyl (C=O) groups excluding carboxylic acids is 1. The summed E-state index contributed by atoms with van der Waals surface area (Å²) in [7, 11) is 0. The van der Waals surface area contributed by atoms with Crippen molar-refractivity contribution in [3.63, 3.8) is 0 Å². The van der Waals surface area contributed by atoms with Crippen molar-refractivity contribution >= 4 is 23.3 Å². The van der Waals surface area contributed by atoms with Gasteiger partial charge in [-0.2, -0.15) is 0 Å². The fraction of sp³-hybridized carbons (Fsp3) is 0.462. The van der Waals surface area contributed by atoms with E-state index in [2.05, 4.69) is 16.0 Å². The van der Waals surface area contributed by atoms with Gasteiger partial charge in [0.25, 0.3) is 0 Å². The second-order valence-corrected chi connectivity index (χ2v) is 4.91. The van der Waals surface area contributed by atoms with Gasteiger partial charge < -0.3 is 16.0 Å². The lowest BCUT2D eigenvalue weighted by atomic mass is 10.1. The molecule has 0 aromatic heterocycles. The zero-order valence-electron chi connectivity index (χ0n) is 10.2. The third-order valence-electron chi connectivity index (χ3n) is 3.04. The molecule has 1 saturated heterocycles. The molecule has 1 aromatic carbocycles. The van der Waals surface area contributed by atoms with Gasteiger partial charge in [-0.05, 0) is 50.1 Å². The molecule has 0 bridgehead atoms. The fourth-order valence-electron chi connectivity index (χ4n) is 2.07. The summed E-state index contributed by atoms with van der Waals surface area (Å²) in [5.74, 6) is 0. The highest BCUT2D eigenvalue weighted by Gasteiger charge is 2.13. The van der Waals surface area contributed by atoms with Gasteiger partial charge in [0.15, 0.2) is 0 Å². The Labute approximate surface area is 112 Å². The minimum absolute atomic E-state index is 0.171. The lowest BCUT2D eigenvalue weighted by Gasteiger charge is -2.11. The van der Waals surface area contributed by atoms with E-state index in [1.165, 1.54) is 12.8 Å². The quantitative estimate of drug-likeness (QED) is 0.785. The lowest BCUT2D eigenvalue weighted by molar-refractivity contribution is 0.251. The smallest absolute Gasteiger partial charge is 0.319 e. The number of halogens is 1. The zero-order chi connectivity index (χ0) is 12.8. The SMILES string of the molecule is O=C(NCC[C@H]1CCCN1)Nc1ccc(Cl)cc1. The van der Waals surface area contributed by atoms with E-state index in [1.807, 2.05) is 0 Å². The maximum absolute atomic E-state index is 11.6. The van der Waals surface area contributed by atoms with Crippen molar-refractivity contribution in [3.05, 3.63) is 29.3 Å². The van der Waals surface area contributed by atoms with Crippen LogP contribution in [-0.4, -0.2) is 25.2 Å². The molecule has 2 amide bonds. The third kappa shape index (κ3) is 4.20. The predicted molar refractivity (Wildman–Crippen MR) is 74.1 cm³/mol. The van der Waals surface area contributed by atoms with Crippen molar-refractivity contribution in [2.24, 2.45) is 0 Å². The average Bonchev–Trinajstić information content (AvgIpc) is 2.85. The van der Waals surface area contributed by atoms with Gasteiger partial charge in [-0.1, -0.05) is 11.6 Å². The first kappa shape index (κ1) is 13.2. The molecular weight excluding hydrogens is 250 g/mol. The Kier molecular flexibility index (Phi) is 4.84. The van der Waals surface area contributed by atoms with Gasteiger partial charge in [0.05, 0.1) is 0 Å². The number of hydrogen-bond donors (Lipinski definition) is 3. The normalized spacial score (nSPS) is 18.6. The van der Waals surface area contributed by atoms with E-state index >= 15 is 0 Å². The van der Waals surface area contributed by atoms with Gasteiger partial charge in [-0.25, -0.2) is 4.79 Å².